The van der Waals surface area contributed by atoms with Gasteiger partial charge >= 0.3 is 51.4 Å². The third kappa shape index (κ3) is 3.02. The van der Waals surface area contributed by atoms with E-state index >= 15 is 0 Å². The van der Waals surface area contributed by atoms with Gasteiger partial charge in [-0.25, -0.2) is 8.42 Å². The molecule has 84 valence electrons. The fourth-order valence-electron chi connectivity index (χ4n) is 1.51. The summed E-state index contributed by atoms with van der Waals surface area (Å²) < 4.78 is 31.6. The zero-order valence-corrected chi connectivity index (χ0v) is 12.9. The van der Waals surface area contributed by atoms with E-state index in [1.165, 1.54) is 12.1 Å². The number of carbonyl (C=O) groups excluding carboxylic acids is 2. The van der Waals surface area contributed by atoms with E-state index in [4.69, 9.17) is 0 Å². The Morgan fingerprint density at radius 2 is 1.47 bits per heavy atom. The van der Waals surface area contributed by atoms with Crippen LogP contribution in [0.15, 0.2) is 24.3 Å². The minimum atomic E-state index is -4.66. The number of hydrogen-bond donors (Lipinski definition) is 0. The molecule has 1 aliphatic heterocycles. The molecule has 1 aromatic rings. The Balaban J connectivity index is 0.00000144. The van der Waals surface area contributed by atoms with Crippen molar-refractivity contribution in [1.29, 1.82) is 0 Å². The average molecular weight is 279 g/mol. The second-order valence-electron chi connectivity index (χ2n) is 3.27. The molecule has 0 fully saturated rings. The number of fused-ring (bicyclic) bond motifs is 1. The maximum atomic E-state index is 11.6. The van der Waals surface area contributed by atoms with E-state index in [9.17, 15) is 22.6 Å². The van der Waals surface area contributed by atoms with E-state index in [0.717, 1.165) is 0 Å². The monoisotopic (exact) mass is 279 g/mol. The molecule has 6 nitrogen and oxygen atoms in total. The number of amides is 2. The van der Waals surface area contributed by atoms with Gasteiger partial charge < -0.3 is 4.55 Å². The number of imide groups is 1. The molecule has 0 bridgehead atoms. The maximum Gasteiger partial charge on any atom is 1.00 e. The zero-order valence-electron chi connectivity index (χ0n) is 8.91. The van der Waals surface area contributed by atoms with Crippen molar-refractivity contribution >= 4 is 21.9 Å². The molecule has 0 N–H and O–H groups in total. The van der Waals surface area contributed by atoms with Crippen molar-refractivity contribution in [3.63, 3.8) is 0 Å². The van der Waals surface area contributed by atoms with Crippen LogP contribution in [0.5, 0.6) is 0 Å². The summed E-state index contributed by atoms with van der Waals surface area (Å²) in [5.74, 6) is -2.63. The van der Waals surface area contributed by atoms with E-state index in [2.05, 4.69) is 0 Å². The van der Waals surface area contributed by atoms with Crippen LogP contribution in [0.3, 0.4) is 0 Å². The van der Waals surface area contributed by atoms with Crippen molar-refractivity contribution in [3.8, 4) is 0 Å². The molecule has 0 aromatic heterocycles. The smallest absolute Gasteiger partial charge is 0.747 e. The first-order chi connectivity index (χ1) is 7.40. The van der Waals surface area contributed by atoms with Gasteiger partial charge in [0.1, 0.15) is 16.0 Å². The van der Waals surface area contributed by atoms with Gasteiger partial charge in [-0.2, -0.15) is 0 Å². The van der Waals surface area contributed by atoms with Gasteiger partial charge in [0.05, 0.1) is 11.1 Å². The molecule has 1 aliphatic rings. The number of rotatable bonds is 2. The van der Waals surface area contributed by atoms with Crippen LogP contribution < -0.4 is 51.4 Å². The average Bonchev–Trinajstić information content (AvgIpc) is 2.43. The van der Waals surface area contributed by atoms with Gasteiger partial charge in [-0.1, -0.05) is 12.1 Å². The van der Waals surface area contributed by atoms with Gasteiger partial charge in [-0.15, -0.1) is 0 Å². The predicted molar refractivity (Wildman–Crippen MR) is 51.5 cm³/mol. The maximum absolute atomic E-state index is 11.6. The summed E-state index contributed by atoms with van der Waals surface area (Å²) >= 11 is 0. The Bertz CT molecular complexity index is 548. The fraction of sp³-hybridized carbons (Fsp3) is 0.111. The third-order valence-electron chi connectivity index (χ3n) is 2.17. The van der Waals surface area contributed by atoms with Gasteiger partial charge in [-0.05, 0) is 12.1 Å². The largest absolute Gasteiger partial charge is 1.00 e. The number of benzene rings is 1. The minimum absolute atomic E-state index is 0. The van der Waals surface area contributed by atoms with Gasteiger partial charge in [-0.3, -0.25) is 14.5 Å². The Hall–Kier alpha value is -0.0936. The molecule has 0 spiro atoms. The van der Waals surface area contributed by atoms with Crippen molar-refractivity contribution < 1.29 is 73.9 Å². The van der Waals surface area contributed by atoms with Crippen LogP contribution in [0.25, 0.3) is 0 Å². The van der Waals surface area contributed by atoms with E-state index in [0.29, 0.717) is 4.90 Å². The van der Waals surface area contributed by atoms with E-state index in [-0.39, 0.29) is 62.5 Å². The normalized spacial score (nSPS) is 14.5. The minimum Gasteiger partial charge on any atom is -0.747 e. The second kappa shape index (κ2) is 5.27. The van der Waals surface area contributed by atoms with E-state index < -0.39 is 27.8 Å². The second-order valence-corrected chi connectivity index (χ2v) is 4.64. The molecule has 1 aromatic carbocycles. The summed E-state index contributed by atoms with van der Waals surface area (Å²) in [5.41, 5.74) is 0.243. The van der Waals surface area contributed by atoms with Crippen molar-refractivity contribution in [2.45, 2.75) is 0 Å². The molecule has 0 unspecified atom stereocenters. The summed E-state index contributed by atoms with van der Waals surface area (Å²) in [6.45, 7) is 0. The number of carbonyl (C=O) groups is 2. The molecule has 2 amide bonds. The summed E-state index contributed by atoms with van der Waals surface area (Å²) in [6, 6.07) is 5.93. The topological polar surface area (TPSA) is 94.6 Å². The first kappa shape index (κ1) is 15.0. The van der Waals surface area contributed by atoms with Crippen molar-refractivity contribution in [3.05, 3.63) is 35.4 Å². The van der Waals surface area contributed by atoms with Gasteiger partial charge in [0, 0.05) is 0 Å². The number of nitrogens with zero attached hydrogens (tertiary/aromatic N) is 1. The molecule has 0 saturated carbocycles. The van der Waals surface area contributed by atoms with Crippen molar-refractivity contribution in [2.75, 3.05) is 5.88 Å². The van der Waals surface area contributed by atoms with Gasteiger partial charge in [0.2, 0.25) is 0 Å². The van der Waals surface area contributed by atoms with Crippen molar-refractivity contribution in [2.24, 2.45) is 0 Å². The third-order valence-corrected chi connectivity index (χ3v) is 2.74. The Kier molecular flexibility index (Phi) is 4.64. The molecule has 0 saturated heterocycles. The predicted octanol–water partition coefficient (Wildman–Crippen LogP) is -3.21. The summed E-state index contributed by atoms with van der Waals surface area (Å²) in [6.07, 6.45) is 0. The Morgan fingerprint density at radius 1 is 1.06 bits per heavy atom. The van der Waals surface area contributed by atoms with Crippen molar-refractivity contribution in [1.82, 2.24) is 4.90 Å². The zero-order chi connectivity index (χ0) is 11.9. The molecular weight excluding hydrogens is 273 g/mol. The first-order valence-corrected chi connectivity index (χ1v) is 5.87. The fourth-order valence-corrected chi connectivity index (χ4v) is 2.07. The van der Waals surface area contributed by atoms with Crippen LogP contribution in [0, 0.1) is 0 Å². The summed E-state index contributed by atoms with van der Waals surface area (Å²) in [7, 11) is -4.66. The molecular formula is C9H6KNO5S. The molecule has 17 heavy (non-hydrogen) atoms. The molecule has 0 radical (unpaired) electrons. The quantitative estimate of drug-likeness (QED) is 0.323. The van der Waals surface area contributed by atoms with Crippen LogP contribution >= 0.6 is 0 Å². The Morgan fingerprint density at radius 3 is 1.82 bits per heavy atom. The Labute approximate surface area is 140 Å². The van der Waals surface area contributed by atoms with Crippen LogP contribution in [0.4, 0.5) is 0 Å². The molecule has 0 atom stereocenters. The van der Waals surface area contributed by atoms with Gasteiger partial charge in [0.15, 0.2) is 0 Å². The summed E-state index contributed by atoms with van der Waals surface area (Å²) in [4.78, 5) is 23.6. The van der Waals surface area contributed by atoms with Crippen LogP contribution in [0.2, 0.25) is 0 Å². The molecule has 0 aliphatic carbocycles. The standard InChI is InChI=1S/C9H7NO5S.K/c11-8-6-3-1-2-4-7(6)9(12)10(8)5-16(13,14)15;/h1-4H,5H2,(H,13,14,15);/q;+1/p-1. The van der Waals surface area contributed by atoms with Gasteiger partial charge in [0.25, 0.3) is 11.8 Å². The van der Waals surface area contributed by atoms with E-state index in [1.807, 2.05) is 0 Å². The molecule has 2 rings (SSSR count). The molecule has 8 heteroatoms. The van der Waals surface area contributed by atoms with Crippen LogP contribution in [0.1, 0.15) is 20.7 Å². The van der Waals surface area contributed by atoms with E-state index in [1.54, 1.807) is 12.1 Å². The van der Waals surface area contributed by atoms with Crippen LogP contribution in [-0.2, 0) is 10.1 Å². The summed E-state index contributed by atoms with van der Waals surface area (Å²) in [5, 5.41) is 0. The SMILES string of the molecule is O=C1c2ccccc2C(=O)N1CS(=O)(=O)[O-].[K+]. The first-order valence-electron chi connectivity index (χ1n) is 4.29. The number of hydrogen-bond acceptors (Lipinski definition) is 5. The molecule has 1 heterocycles. The van der Waals surface area contributed by atoms with Crippen LogP contribution in [-0.4, -0.2) is 35.6 Å².